The Morgan fingerprint density at radius 2 is 2.15 bits per heavy atom. The van der Waals surface area contributed by atoms with Crippen molar-refractivity contribution in [2.24, 2.45) is 4.99 Å². The number of nitrogens with zero attached hydrogens (tertiary/aromatic N) is 2. The topological polar surface area (TPSA) is 25.2 Å². The van der Waals surface area contributed by atoms with Crippen LogP contribution in [0, 0.1) is 0 Å². The van der Waals surface area contributed by atoms with Gasteiger partial charge in [-0.25, -0.2) is 4.99 Å². The van der Waals surface area contributed by atoms with Gasteiger partial charge in [-0.3, -0.25) is 4.98 Å². The SMILES string of the molecule is CC(=Nc1cccnc1)C(F)(F)F. The summed E-state index contributed by atoms with van der Waals surface area (Å²) >= 11 is 0. The lowest BCUT2D eigenvalue weighted by atomic mass is 10.4. The van der Waals surface area contributed by atoms with Crippen molar-refractivity contribution in [3.05, 3.63) is 24.5 Å². The standard InChI is InChI=1S/C8H7F3N2/c1-6(8(9,10)11)13-7-3-2-4-12-5-7/h2-5H,1H3. The van der Waals surface area contributed by atoms with E-state index in [0.29, 0.717) is 0 Å². The highest BCUT2D eigenvalue weighted by molar-refractivity contribution is 5.89. The molecule has 0 aromatic carbocycles. The molecule has 0 aliphatic carbocycles. The van der Waals surface area contributed by atoms with Gasteiger partial charge >= 0.3 is 6.18 Å². The molecule has 1 aromatic heterocycles. The lowest BCUT2D eigenvalue weighted by Gasteiger charge is -2.04. The molecule has 2 nitrogen and oxygen atoms in total. The van der Waals surface area contributed by atoms with Crippen LogP contribution in [0.25, 0.3) is 0 Å². The van der Waals surface area contributed by atoms with E-state index in [2.05, 4.69) is 9.98 Å². The third kappa shape index (κ3) is 2.85. The maximum atomic E-state index is 12.0. The number of pyridine rings is 1. The molecular weight excluding hydrogens is 181 g/mol. The van der Waals surface area contributed by atoms with Crippen LogP contribution in [0.5, 0.6) is 0 Å². The van der Waals surface area contributed by atoms with Crippen LogP contribution in [0.2, 0.25) is 0 Å². The maximum absolute atomic E-state index is 12.0. The predicted molar refractivity (Wildman–Crippen MR) is 43.1 cm³/mol. The molecule has 0 saturated heterocycles. The second-order valence-corrected chi connectivity index (χ2v) is 2.41. The van der Waals surface area contributed by atoms with Gasteiger partial charge in [0.25, 0.3) is 0 Å². The van der Waals surface area contributed by atoms with Gasteiger partial charge in [-0.05, 0) is 19.1 Å². The molecule has 70 valence electrons. The van der Waals surface area contributed by atoms with Gasteiger partial charge in [-0.1, -0.05) is 0 Å². The zero-order valence-corrected chi connectivity index (χ0v) is 6.84. The van der Waals surface area contributed by atoms with E-state index in [1.165, 1.54) is 24.5 Å². The Bertz CT molecular complexity index is 303. The molecule has 0 aliphatic heterocycles. The lowest BCUT2D eigenvalue weighted by Crippen LogP contribution is -2.18. The minimum absolute atomic E-state index is 0.206. The molecule has 0 spiro atoms. The summed E-state index contributed by atoms with van der Waals surface area (Å²) in [5, 5.41) is 0. The molecule has 0 atom stereocenters. The van der Waals surface area contributed by atoms with Crippen LogP contribution in [0.4, 0.5) is 18.9 Å². The summed E-state index contributed by atoms with van der Waals surface area (Å²) in [5.74, 6) is 0. The van der Waals surface area contributed by atoms with E-state index in [4.69, 9.17) is 0 Å². The Labute approximate surface area is 73.1 Å². The van der Waals surface area contributed by atoms with Gasteiger partial charge in [0.2, 0.25) is 0 Å². The zero-order chi connectivity index (χ0) is 9.90. The first-order chi connectivity index (χ1) is 6.00. The Morgan fingerprint density at radius 3 is 2.62 bits per heavy atom. The second-order valence-electron chi connectivity index (χ2n) is 2.41. The smallest absolute Gasteiger partial charge is 0.262 e. The largest absolute Gasteiger partial charge is 0.429 e. The average molecular weight is 188 g/mol. The third-order valence-corrected chi connectivity index (χ3v) is 1.35. The molecule has 13 heavy (non-hydrogen) atoms. The molecule has 1 aromatic rings. The molecular formula is C8H7F3N2. The van der Waals surface area contributed by atoms with Crippen LogP contribution in [0.1, 0.15) is 6.92 Å². The third-order valence-electron chi connectivity index (χ3n) is 1.35. The number of alkyl halides is 3. The summed E-state index contributed by atoms with van der Waals surface area (Å²) in [4.78, 5) is 7.00. The Morgan fingerprint density at radius 1 is 1.46 bits per heavy atom. The van der Waals surface area contributed by atoms with Crippen LogP contribution in [-0.2, 0) is 0 Å². The fourth-order valence-corrected chi connectivity index (χ4v) is 0.677. The summed E-state index contributed by atoms with van der Waals surface area (Å²) in [7, 11) is 0. The van der Waals surface area contributed by atoms with Gasteiger partial charge in [0, 0.05) is 6.20 Å². The summed E-state index contributed by atoms with van der Waals surface area (Å²) in [6, 6.07) is 2.99. The average Bonchev–Trinajstić information content (AvgIpc) is 2.04. The highest BCUT2D eigenvalue weighted by Crippen LogP contribution is 2.20. The van der Waals surface area contributed by atoms with Crippen molar-refractivity contribution in [1.82, 2.24) is 4.98 Å². The van der Waals surface area contributed by atoms with Gasteiger partial charge in [0.05, 0.1) is 11.9 Å². The number of rotatable bonds is 1. The monoisotopic (exact) mass is 188 g/mol. The Balaban J connectivity index is 2.90. The highest BCUT2D eigenvalue weighted by atomic mass is 19.4. The van der Waals surface area contributed by atoms with Crippen molar-refractivity contribution < 1.29 is 13.2 Å². The molecule has 0 saturated carbocycles. The number of hydrogen-bond acceptors (Lipinski definition) is 2. The predicted octanol–water partition coefficient (Wildman–Crippen LogP) is 2.74. The molecule has 0 N–H and O–H groups in total. The Hall–Kier alpha value is -1.39. The van der Waals surface area contributed by atoms with E-state index in [1.807, 2.05) is 0 Å². The molecule has 0 fully saturated rings. The minimum atomic E-state index is -4.37. The summed E-state index contributed by atoms with van der Waals surface area (Å²) in [6.45, 7) is 0.924. The van der Waals surface area contributed by atoms with Gasteiger partial charge in [0.1, 0.15) is 5.71 Å². The van der Waals surface area contributed by atoms with E-state index in [-0.39, 0.29) is 5.69 Å². The van der Waals surface area contributed by atoms with Gasteiger partial charge < -0.3 is 0 Å². The van der Waals surface area contributed by atoms with E-state index in [1.54, 1.807) is 0 Å². The van der Waals surface area contributed by atoms with E-state index < -0.39 is 11.9 Å². The molecule has 0 unspecified atom stereocenters. The quantitative estimate of drug-likeness (QED) is 0.622. The summed E-state index contributed by atoms with van der Waals surface area (Å²) in [5.41, 5.74) is -0.669. The van der Waals surface area contributed by atoms with Crippen LogP contribution in [-0.4, -0.2) is 16.9 Å². The molecule has 5 heteroatoms. The van der Waals surface area contributed by atoms with Gasteiger partial charge in [-0.15, -0.1) is 0 Å². The fraction of sp³-hybridized carbons (Fsp3) is 0.250. The first-order valence-corrected chi connectivity index (χ1v) is 3.52. The van der Waals surface area contributed by atoms with Crippen molar-refractivity contribution in [3.8, 4) is 0 Å². The van der Waals surface area contributed by atoms with Crippen molar-refractivity contribution >= 4 is 11.4 Å². The molecule has 0 radical (unpaired) electrons. The fourth-order valence-electron chi connectivity index (χ4n) is 0.677. The number of hydrogen-bond donors (Lipinski definition) is 0. The lowest BCUT2D eigenvalue weighted by molar-refractivity contribution is -0.0591. The van der Waals surface area contributed by atoms with Crippen LogP contribution < -0.4 is 0 Å². The number of halogens is 3. The van der Waals surface area contributed by atoms with E-state index in [0.717, 1.165) is 6.92 Å². The van der Waals surface area contributed by atoms with Gasteiger partial charge in [-0.2, -0.15) is 13.2 Å². The van der Waals surface area contributed by atoms with Crippen LogP contribution in [0.15, 0.2) is 29.5 Å². The molecule has 1 heterocycles. The molecule has 1 rings (SSSR count). The van der Waals surface area contributed by atoms with E-state index >= 15 is 0 Å². The van der Waals surface area contributed by atoms with Crippen molar-refractivity contribution in [2.45, 2.75) is 13.1 Å². The maximum Gasteiger partial charge on any atom is 0.429 e. The summed E-state index contributed by atoms with van der Waals surface area (Å²) in [6.07, 6.45) is -1.62. The first-order valence-electron chi connectivity index (χ1n) is 3.52. The summed E-state index contributed by atoms with van der Waals surface area (Å²) < 4.78 is 36.0. The molecule has 0 aliphatic rings. The second kappa shape index (κ2) is 3.55. The number of aromatic nitrogens is 1. The number of aliphatic imine (C=N–C) groups is 1. The zero-order valence-electron chi connectivity index (χ0n) is 6.84. The Kier molecular flexibility index (Phi) is 2.65. The van der Waals surface area contributed by atoms with E-state index in [9.17, 15) is 13.2 Å². The first kappa shape index (κ1) is 9.70. The molecule has 0 bridgehead atoms. The van der Waals surface area contributed by atoms with Gasteiger partial charge in [0.15, 0.2) is 0 Å². The molecule has 0 amide bonds. The highest BCUT2D eigenvalue weighted by Gasteiger charge is 2.31. The van der Waals surface area contributed by atoms with Crippen molar-refractivity contribution in [3.63, 3.8) is 0 Å². The van der Waals surface area contributed by atoms with Crippen molar-refractivity contribution in [1.29, 1.82) is 0 Å². The van der Waals surface area contributed by atoms with Crippen LogP contribution >= 0.6 is 0 Å². The van der Waals surface area contributed by atoms with Crippen molar-refractivity contribution in [2.75, 3.05) is 0 Å². The van der Waals surface area contributed by atoms with Crippen LogP contribution in [0.3, 0.4) is 0 Å². The minimum Gasteiger partial charge on any atom is -0.262 e. The normalized spacial score (nSPS) is 13.1.